The topological polar surface area (TPSA) is 51.2 Å². The Morgan fingerprint density at radius 3 is 1.33 bits per heavy atom. The summed E-state index contributed by atoms with van der Waals surface area (Å²) in [5.74, 6) is 0.0400. The van der Waals surface area contributed by atoms with Crippen LogP contribution in [0.3, 0.4) is 0 Å². The summed E-state index contributed by atoms with van der Waals surface area (Å²) in [6.07, 6.45) is 10.8. The molecule has 1 fully saturated rings. The van der Waals surface area contributed by atoms with E-state index in [0.717, 1.165) is 6.42 Å². The molecule has 6 atom stereocenters. The first-order valence-electron chi connectivity index (χ1n) is 32.8. The van der Waals surface area contributed by atoms with Gasteiger partial charge < -0.3 is 0 Å². The SMILES string of the molecule is O=C1SC2C=CC1c1cc3cc4cc(-c5ccc(-c6ccc(-c7ccc8cc9cc%10ccccc%10cc9cc8c7)s6)s5)ccc4cc3cc12.O=C1SC2C=CC1c1sc3c(sc4c5ccccc5sc34)c12.O=C1SC2CCC1c1c2sc2c1sc1c2sc2c3sc4ccccc4c3sc12. The lowest BCUT2D eigenvalue weighted by molar-refractivity contribution is -0.113. The maximum Gasteiger partial charge on any atom is 0.201 e. The third kappa shape index (κ3) is 8.85. The summed E-state index contributed by atoms with van der Waals surface area (Å²) >= 11 is 23.8. The molecule has 16 heterocycles. The fraction of sp³-hybridized carbons (Fsp3) is 0.0964. The Labute approximate surface area is 617 Å². The quantitative estimate of drug-likeness (QED) is 0.130. The first-order valence-corrected chi connectivity index (χ1v) is 43.6. The minimum atomic E-state index is -0.110. The average Bonchev–Trinajstić information content (AvgIpc) is 1.55. The highest BCUT2D eigenvalue weighted by molar-refractivity contribution is 8.14. The van der Waals surface area contributed by atoms with Crippen LogP contribution in [-0.4, -0.2) is 15.3 Å². The van der Waals surface area contributed by atoms with Crippen LogP contribution in [0.5, 0.6) is 0 Å². The van der Waals surface area contributed by atoms with Crippen LogP contribution in [0.4, 0.5) is 0 Å². The number of thioether (sulfide) groups is 3. The highest BCUT2D eigenvalue weighted by atomic mass is 32.2. The van der Waals surface area contributed by atoms with Crippen LogP contribution in [0.15, 0.2) is 206 Å². The van der Waals surface area contributed by atoms with E-state index in [0.29, 0.717) is 15.5 Å². The van der Waals surface area contributed by atoms with E-state index >= 15 is 0 Å². The molecule has 28 rings (SSSR count). The van der Waals surface area contributed by atoms with Gasteiger partial charge in [0.2, 0.25) is 10.2 Å². The maximum atomic E-state index is 12.6. The van der Waals surface area contributed by atoms with E-state index in [4.69, 9.17) is 0 Å². The van der Waals surface area contributed by atoms with Crippen molar-refractivity contribution in [2.75, 3.05) is 0 Å². The molecule has 0 spiro atoms. The number of carbonyl (C=O) groups excluding carboxylic acids is 3. The van der Waals surface area contributed by atoms with Crippen molar-refractivity contribution in [1.82, 2.24) is 0 Å². The number of carbonyl (C=O) groups is 3. The fourth-order valence-electron chi connectivity index (χ4n) is 16.0. The summed E-state index contributed by atoms with van der Waals surface area (Å²) in [6, 6.07) is 67.2. The largest absolute Gasteiger partial charge is 0.287 e. The molecule has 16 heteroatoms. The Morgan fingerprint density at radius 1 is 0.283 bits per heavy atom. The minimum Gasteiger partial charge on any atom is -0.287 e. The van der Waals surface area contributed by atoms with Crippen molar-refractivity contribution in [3.8, 4) is 30.6 Å². The third-order valence-electron chi connectivity index (χ3n) is 20.8. The van der Waals surface area contributed by atoms with Gasteiger partial charge in [-0.05, 0) is 192 Å². The molecule has 0 amide bonds. The van der Waals surface area contributed by atoms with Gasteiger partial charge >= 0.3 is 0 Å². The summed E-state index contributed by atoms with van der Waals surface area (Å²) in [6.45, 7) is 0. The Bertz CT molecular complexity index is 6930. The van der Waals surface area contributed by atoms with Crippen molar-refractivity contribution in [3.05, 3.63) is 238 Å². The van der Waals surface area contributed by atoms with Gasteiger partial charge in [-0.2, -0.15) is 0 Å². The molecule has 10 aromatic heterocycles. The molecule has 472 valence electrons. The predicted octanol–water partition coefficient (Wildman–Crippen LogP) is 28.8. The zero-order valence-corrected chi connectivity index (χ0v) is 62.2. The number of benzene rings is 9. The molecule has 99 heavy (non-hydrogen) atoms. The first-order chi connectivity index (χ1) is 48.7. The van der Waals surface area contributed by atoms with E-state index in [-0.39, 0.29) is 33.4 Å². The van der Waals surface area contributed by atoms with E-state index in [2.05, 4.69) is 206 Å². The van der Waals surface area contributed by atoms with Crippen LogP contribution >= 0.6 is 149 Å². The molecule has 9 aliphatic rings. The highest BCUT2D eigenvalue weighted by Crippen LogP contribution is 2.64. The van der Waals surface area contributed by atoms with Gasteiger partial charge in [-0.1, -0.05) is 145 Å². The summed E-state index contributed by atoms with van der Waals surface area (Å²) in [7, 11) is 0. The Kier molecular flexibility index (Phi) is 13.0. The lowest BCUT2D eigenvalue weighted by Crippen LogP contribution is -2.23. The molecular weight excluding hydrogens is 1460 g/mol. The zero-order chi connectivity index (χ0) is 64.8. The lowest BCUT2D eigenvalue weighted by atomic mass is 9.85. The molecule has 6 unspecified atom stereocenters. The molecule has 9 aromatic carbocycles. The van der Waals surface area contributed by atoms with Crippen molar-refractivity contribution in [3.63, 3.8) is 0 Å². The minimum absolute atomic E-state index is 0.000900. The summed E-state index contributed by atoms with van der Waals surface area (Å²) < 4.78 is 20.1. The standard InChI is InChI=1S/C45H26OS3.C21H10OS6.C17H8OS4/c46-45-37-9-10-42(49-45)39-24-35-18-28-6-8-30(20-32(28)22-36(35)23-38(37)39)41-12-14-44(48-41)43-13-11-40(47-43)29-7-5-27-17-33-15-25-3-1-2-4-26(25)16-34(33)21-31(27)19-29;22-21-8-5-6-10(24-21)13-11(8)14-16(26-13)18-20(27-14)19-17(28-18)15-12(25-19)7-3-1-2-4-9(7)23-15;18-17-8-5-6-10(20-17)11-12(8)21-16-14(11)22-13-7-3-1-2-4-9(7)19-15(13)16/h1-24,37,42H;1-4,8,10H,5-6H2;1-6,8,10H. The smallest absolute Gasteiger partial charge is 0.201 e. The lowest BCUT2D eigenvalue weighted by Gasteiger charge is -2.33. The van der Waals surface area contributed by atoms with Crippen molar-refractivity contribution in [1.29, 1.82) is 0 Å². The normalized spacial score (nSPS) is 19.7. The summed E-state index contributed by atoms with van der Waals surface area (Å²) in [5, 5.41) is 17.2. The fourth-order valence-corrected chi connectivity index (χ4v) is 34.3. The van der Waals surface area contributed by atoms with E-state index in [9.17, 15) is 14.4 Å². The molecule has 0 radical (unpaired) electrons. The zero-order valence-electron chi connectivity index (χ0n) is 51.5. The predicted molar refractivity (Wildman–Crippen MR) is 444 cm³/mol. The molecule has 0 N–H and O–H groups in total. The second-order valence-corrected chi connectivity index (χ2v) is 40.3. The van der Waals surface area contributed by atoms with Gasteiger partial charge in [0.25, 0.3) is 0 Å². The maximum absolute atomic E-state index is 12.6. The number of rotatable bonds is 3. The summed E-state index contributed by atoms with van der Waals surface area (Å²) in [4.78, 5) is 45.2. The van der Waals surface area contributed by atoms with Gasteiger partial charge in [-0.3, -0.25) is 14.4 Å². The third-order valence-corrected chi connectivity index (χ3v) is 38.2. The molecule has 6 aliphatic heterocycles. The van der Waals surface area contributed by atoms with Gasteiger partial charge in [0.1, 0.15) is 0 Å². The van der Waals surface area contributed by atoms with Crippen LogP contribution in [0.1, 0.15) is 78.4 Å². The Hall–Kier alpha value is -7.10. The van der Waals surface area contributed by atoms with Crippen LogP contribution in [0.25, 0.3) is 161 Å². The van der Waals surface area contributed by atoms with Crippen LogP contribution in [-0.2, 0) is 14.4 Å². The molecule has 1 saturated heterocycles. The van der Waals surface area contributed by atoms with Crippen molar-refractivity contribution in [2.45, 2.75) is 46.3 Å². The van der Waals surface area contributed by atoms with E-state index < -0.39 is 0 Å². The second kappa shape index (κ2) is 22.0. The van der Waals surface area contributed by atoms with Crippen LogP contribution in [0.2, 0.25) is 0 Å². The molecule has 0 saturated carbocycles. The monoisotopic (exact) mass is 1500 g/mol. The number of allylic oxidation sites excluding steroid dienone is 2. The van der Waals surface area contributed by atoms with E-state index in [1.165, 1.54) is 223 Å². The Balaban J connectivity index is 0.000000102. The number of hydrogen-bond donors (Lipinski definition) is 0. The first kappa shape index (κ1) is 58.5. The van der Waals surface area contributed by atoms with Gasteiger partial charge in [0, 0.05) is 60.2 Å². The number of thiophene rings is 10. The van der Waals surface area contributed by atoms with Crippen LogP contribution < -0.4 is 0 Å². The molecule has 6 bridgehead atoms. The second-order valence-electron chi connectivity index (χ2n) is 26.3. The molecule has 3 aliphatic carbocycles. The van der Waals surface area contributed by atoms with Gasteiger partial charge in [0.05, 0.1) is 84.7 Å². The highest BCUT2D eigenvalue weighted by Gasteiger charge is 2.44. The van der Waals surface area contributed by atoms with E-state index in [1.54, 1.807) is 11.8 Å². The van der Waals surface area contributed by atoms with E-state index in [1.807, 2.05) is 113 Å². The summed E-state index contributed by atoms with van der Waals surface area (Å²) in [5.41, 5.74) is 7.81. The Morgan fingerprint density at radius 2 is 0.727 bits per heavy atom. The van der Waals surface area contributed by atoms with Crippen molar-refractivity contribution in [2.24, 2.45) is 0 Å². The molecule has 19 aromatic rings. The number of hydrogen-bond acceptors (Lipinski definition) is 16. The van der Waals surface area contributed by atoms with Gasteiger partial charge in [-0.25, -0.2) is 0 Å². The van der Waals surface area contributed by atoms with Gasteiger partial charge in [-0.15, -0.1) is 113 Å². The van der Waals surface area contributed by atoms with Crippen molar-refractivity contribution >= 4 is 294 Å². The number of fused-ring (bicyclic) bond motifs is 23. The van der Waals surface area contributed by atoms with Crippen molar-refractivity contribution < 1.29 is 14.4 Å². The van der Waals surface area contributed by atoms with Gasteiger partial charge in [0.15, 0.2) is 5.12 Å². The molecular formula is C83H44O3S13. The van der Waals surface area contributed by atoms with Crippen LogP contribution in [0, 0.1) is 0 Å². The average molecular weight is 1510 g/mol. The molecule has 3 nitrogen and oxygen atoms in total.